The predicted octanol–water partition coefficient (Wildman–Crippen LogP) is 2.39. The number of hydrogen-bond donors (Lipinski definition) is 1. The van der Waals surface area contributed by atoms with Crippen molar-refractivity contribution in [3.05, 3.63) is 16.4 Å². The summed E-state index contributed by atoms with van der Waals surface area (Å²) >= 11 is 6.13. The van der Waals surface area contributed by atoms with Crippen LogP contribution in [0.25, 0.3) is 0 Å². The Labute approximate surface area is 146 Å². The van der Waals surface area contributed by atoms with E-state index in [1.54, 1.807) is 4.68 Å². The Bertz CT molecular complexity index is 727. The van der Waals surface area contributed by atoms with Crippen LogP contribution in [0.2, 0.25) is 5.02 Å². The predicted molar refractivity (Wildman–Crippen MR) is 89.7 cm³/mol. The summed E-state index contributed by atoms with van der Waals surface area (Å²) in [7, 11) is 0. The fourth-order valence-electron chi connectivity index (χ4n) is 4.14. The summed E-state index contributed by atoms with van der Waals surface area (Å²) in [6.07, 6.45) is 1.25. The molecule has 24 heavy (non-hydrogen) atoms. The van der Waals surface area contributed by atoms with E-state index in [4.69, 9.17) is 16.3 Å². The third-order valence-electron chi connectivity index (χ3n) is 6.32. The number of ether oxygens (including phenoxy) is 1. The number of rotatable bonds is 4. The van der Waals surface area contributed by atoms with Crippen LogP contribution in [0.1, 0.15) is 45.0 Å². The van der Waals surface area contributed by atoms with Crippen molar-refractivity contribution in [1.82, 2.24) is 15.1 Å². The van der Waals surface area contributed by atoms with E-state index >= 15 is 0 Å². The maximum Gasteiger partial charge on any atom is 0.322 e. The minimum absolute atomic E-state index is 0.244. The fourth-order valence-corrected chi connectivity index (χ4v) is 4.27. The summed E-state index contributed by atoms with van der Waals surface area (Å²) in [4.78, 5) is 25.3. The summed E-state index contributed by atoms with van der Waals surface area (Å²) in [6.45, 7) is 10.5. The average molecular weight is 354 g/mol. The van der Waals surface area contributed by atoms with E-state index in [1.165, 1.54) is 0 Å². The second-order valence-corrected chi connectivity index (χ2v) is 7.99. The van der Waals surface area contributed by atoms with Crippen LogP contribution >= 0.6 is 11.6 Å². The smallest absolute Gasteiger partial charge is 0.322 e. The first-order valence-electron chi connectivity index (χ1n) is 8.28. The van der Waals surface area contributed by atoms with Gasteiger partial charge in [0.1, 0.15) is 5.60 Å². The van der Waals surface area contributed by atoms with Crippen LogP contribution in [0, 0.1) is 24.7 Å². The van der Waals surface area contributed by atoms with Crippen molar-refractivity contribution in [1.29, 1.82) is 0 Å². The molecule has 1 saturated heterocycles. The monoisotopic (exact) mass is 353 g/mol. The Balaban J connectivity index is 1.71. The molecule has 132 valence electrons. The zero-order valence-electron chi connectivity index (χ0n) is 14.8. The molecule has 2 atom stereocenters. The fraction of sp³-hybridized carbons (Fsp3) is 0.706. The van der Waals surface area contributed by atoms with Gasteiger partial charge in [0.05, 0.1) is 23.0 Å². The largest absolute Gasteiger partial charge is 0.458 e. The van der Waals surface area contributed by atoms with Crippen molar-refractivity contribution in [3.8, 4) is 0 Å². The van der Waals surface area contributed by atoms with Crippen molar-refractivity contribution in [2.24, 2.45) is 10.8 Å². The molecule has 1 saturated carbocycles. The van der Waals surface area contributed by atoms with Crippen molar-refractivity contribution in [2.75, 3.05) is 6.54 Å². The van der Waals surface area contributed by atoms with Crippen LogP contribution in [0.15, 0.2) is 0 Å². The minimum atomic E-state index is -1.09. The first-order valence-corrected chi connectivity index (χ1v) is 8.66. The molecule has 2 bridgehead atoms. The summed E-state index contributed by atoms with van der Waals surface area (Å²) in [5, 5.41) is 7.90. The van der Waals surface area contributed by atoms with E-state index in [9.17, 15) is 9.59 Å². The Kier molecular flexibility index (Phi) is 3.75. The second-order valence-electron chi connectivity index (χ2n) is 7.61. The van der Waals surface area contributed by atoms with Gasteiger partial charge in [-0.05, 0) is 33.6 Å². The number of esters is 1. The SMILES string of the molecule is Cc1nn(CCNC(=O)[C@@]23CC[C@@](C)(OC2=O)C3(C)C)c(C)c1Cl. The highest BCUT2D eigenvalue weighted by atomic mass is 35.5. The van der Waals surface area contributed by atoms with Gasteiger partial charge in [0.2, 0.25) is 5.91 Å². The quantitative estimate of drug-likeness (QED) is 0.666. The molecule has 1 aromatic heterocycles. The van der Waals surface area contributed by atoms with E-state index in [1.807, 2.05) is 34.6 Å². The molecule has 0 spiro atoms. The van der Waals surface area contributed by atoms with Crippen molar-refractivity contribution in [2.45, 2.75) is 59.6 Å². The van der Waals surface area contributed by atoms with E-state index in [-0.39, 0.29) is 5.91 Å². The number of halogens is 1. The number of aryl methyl sites for hydroxylation is 1. The van der Waals surface area contributed by atoms with Gasteiger partial charge >= 0.3 is 5.97 Å². The molecule has 0 radical (unpaired) electrons. The van der Waals surface area contributed by atoms with Crippen LogP contribution in [0.3, 0.4) is 0 Å². The van der Waals surface area contributed by atoms with Gasteiger partial charge in [0.15, 0.2) is 5.41 Å². The standard InChI is InChI=1S/C17H24ClN3O3/c1-10-12(18)11(2)21(20-10)9-8-19-13(22)17-7-6-16(5,15(17,3)4)24-14(17)23/h6-9H2,1-5H3,(H,19,22)/t16-,17+/m1/s1. The number of hydrogen-bond acceptors (Lipinski definition) is 4. The lowest BCUT2D eigenvalue weighted by molar-refractivity contribution is -0.162. The molecule has 1 aliphatic heterocycles. The molecular formula is C17H24ClN3O3. The number of nitrogens with zero attached hydrogens (tertiary/aromatic N) is 2. The van der Waals surface area contributed by atoms with Gasteiger partial charge in [0, 0.05) is 12.0 Å². The number of amides is 1. The highest BCUT2D eigenvalue weighted by Gasteiger charge is 2.76. The van der Waals surface area contributed by atoms with Crippen LogP contribution < -0.4 is 5.32 Å². The van der Waals surface area contributed by atoms with Gasteiger partial charge in [-0.1, -0.05) is 25.4 Å². The molecule has 7 heteroatoms. The molecule has 1 amide bonds. The molecule has 0 aromatic carbocycles. The lowest BCUT2D eigenvalue weighted by atomic mass is 9.65. The summed E-state index contributed by atoms with van der Waals surface area (Å²) in [5.41, 5.74) is -0.538. The van der Waals surface area contributed by atoms with Gasteiger partial charge in [-0.2, -0.15) is 5.10 Å². The third-order valence-corrected chi connectivity index (χ3v) is 6.87. The Morgan fingerprint density at radius 2 is 2.00 bits per heavy atom. The normalized spacial score (nSPS) is 30.5. The lowest BCUT2D eigenvalue weighted by Crippen LogP contribution is -2.51. The second kappa shape index (κ2) is 5.22. The molecular weight excluding hydrogens is 330 g/mol. The van der Waals surface area contributed by atoms with Gasteiger partial charge in [-0.15, -0.1) is 0 Å². The lowest BCUT2D eigenvalue weighted by Gasteiger charge is -2.34. The minimum Gasteiger partial charge on any atom is -0.458 e. The van der Waals surface area contributed by atoms with Crippen LogP contribution in [0.5, 0.6) is 0 Å². The zero-order chi connectivity index (χ0) is 17.9. The number of nitrogens with one attached hydrogen (secondary N) is 1. The maximum absolute atomic E-state index is 12.9. The van der Waals surface area contributed by atoms with Gasteiger partial charge in [0.25, 0.3) is 0 Å². The molecule has 1 aliphatic carbocycles. The Morgan fingerprint density at radius 1 is 1.33 bits per heavy atom. The molecule has 3 rings (SSSR count). The highest BCUT2D eigenvalue weighted by molar-refractivity contribution is 6.31. The maximum atomic E-state index is 12.9. The van der Waals surface area contributed by atoms with Gasteiger partial charge < -0.3 is 10.1 Å². The number of fused-ring (bicyclic) bond motifs is 2. The summed E-state index contributed by atoms with van der Waals surface area (Å²) < 4.78 is 7.33. The summed E-state index contributed by atoms with van der Waals surface area (Å²) in [6, 6.07) is 0. The molecule has 0 unspecified atom stereocenters. The number of aromatic nitrogens is 2. The van der Waals surface area contributed by atoms with E-state index < -0.39 is 22.4 Å². The van der Waals surface area contributed by atoms with Crippen molar-refractivity contribution >= 4 is 23.5 Å². The zero-order valence-corrected chi connectivity index (χ0v) is 15.6. The highest BCUT2D eigenvalue weighted by Crippen LogP contribution is 2.65. The average Bonchev–Trinajstić information content (AvgIpc) is 2.92. The van der Waals surface area contributed by atoms with Crippen LogP contribution in [0.4, 0.5) is 0 Å². The number of carbonyl (C=O) groups excluding carboxylic acids is 2. The Hall–Kier alpha value is -1.56. The third kappa shape index (κ3) is 1.98. The van der Waals surface area contributed by atoms with E-state index in [2.05, 4.69) is 10.4 Å². The van der Waals surface area contributed by atoms with Gasteiger partial charge in [-0.3, -0.25) is 14.3 Å². The summed E-state index contributed by atoms with van der Waals surface area (Å²) in [5.74, 6) is -0.640. The molecule has 1 aromatic rings. The van der Waals surface area contributed by atoms with E-state index in [0.717, 1.165) is 11.4 Å². The van der Waals surface area contributed by atoms with Crippen LogP contribution in [-0.4, -0.2) is 33.8 Å². The molecule has 2 heterocycles. The number of carbonyl (C=O) groups is 2. The molecule has 2 fully saturated rings. The topological polar surface area (TPSA) is 73.2 Å². The Morgan fingerprint density at radius 3 is 2.46 bits per heavy atom. The molecule has 1 N–H and O–H groups in total. The first-order chi connectivity index (χ1) is 11.1. The molecule has 6 nitrogen and oxygen atoms in total. The first kappa shape index (κ1) is 17.3. The van der Waals surface area contributed by atoms with Gasteiger partial charge in [-0.25, -0.2) is 0 Å². The molecule has 2 aliphatic rings. The van der Waals surface area contributed by atoms with Crippen LogP contribution in [-0.2, 0) is 20.9 Å². The van der Waals surface area contributed by atoms with Crippen molar-refractivity contribution in [3.63, 3.8) is 0 Å². The van der Waals surface area contributed by atoms with E-state index in [0.29, 0.717) is 31.0 Å². The van der Waals surface area contributed by atoms with Crippen molar-refractivity contribution < 1.29 is 14.3 Å².